The maximum atomic E-state index is 11.9. The first-order valence-corrected chi connectivity index (χ1v) is 6.57. The number of nitrogen functional groups attached to an aromatic ring is 1. The van der Waals surface area contributed by atoms with Crippen LogP contribution in [0.5, 0.6) is 0 Å². The van der Waals surface area contributed by atoms with Crippen LogP contribution in [0.25, 0.3) is 0 Å². The lowest BCUT2D eigenvalue weighted by atomic mass is 9.86. The topological polar surface area (TPSA) is 92.4 Å². The van der Waals surface area contributed by atoms with Gasteiger partial charge in [0.05, 0.1) is 0 Å². The molecule has 0 saturated carbocycles. The van der Waals surface area contributed by atoms with Crippen molar-refractivity contribution < 1.29 is 14.7 Å². The van der Waals surface area contributed by atoms with E-state index in [0.717, 1.165) is 5.56 Å². The molecule has 0 fully saturated rings. The highest BCUT2D eigenvalue weighted by Crippen LogP contribution is 2.20. The highest BCUT2D eigenvalue weighted by molar-refractivity contribution is 5.84. The Morgan fingerprint density at radius 1 is 1.30 bits per heavy atom. The molecular formula is C15H22N2O3. The molecule has 0 heterocycles. The molecule has 5 heteroatoms. The molecule has 20 heavy (non-hydrogen) atoms. The second-order valence-corrected chi connectivity index (χ2v) is 5.90. The van der Waals surface area contributed by atoms with Gasteiger partial charge in [-0.05, 0) is 23.5 Å². The zero-order chi connectivity index (χ0) is 15.3. The maximum absolute atomic E-state index is 11.9. The van der Waals surface area contributed by atoms with Crippen LogP contribution in [0, 0.1) is 5.41 Å². The van der Waals surface area contributed by atoms with Crippen molar-refractivity contribution in [3.63, 3.8) is 0 Å². The number of anilines is 1. The average molecular weight is 278 g/mol. The fourth-order valence-corrected chi connectivity index (χ4v) is 1.89. The number of hydrogen-bond acceptors (Lipinski definition) is 3. The number of nitrogens with two attached hydrogens (primary N) is 1. The van der Waals surface area contributed by atoms with Crippen molar-refractivity contribution in [1.82, 2.24) is 5.32 Å². The van der Waals surface area contributed by atoms with Gasteiger partial charge in [0.25, 0.3) is 0 Å². The number of aryl methyl sites for hydroxylation is 1. The SMILES string of the molecule is CC(C)(C)[C@H](NC(=O)CCc1ccccc1N)C(=O)O. The molecule has 1 rings (SSSR count). The number of rotatable bonds is 5. The Kier molecular flexibility index (Phi) is 5.13. The Bertz CT molecular complexity index is 492. The van der Waals surface area contributed by atoms with Gasteiger partial charge in [0.2, 0.25) is 5.91 Å². The third-order valence-electron chi connectivity index (χ3n) is 3.09. The molecule has 0 unspecified atom stereocenters. The highest BCUT2D eigenvalue weighted by Gasteiger charge is 2.32. The molecule has 0 aliphatic carbocycles. The fraction of sp³-hybridized carbons (Fsp3) is 0.467. The van der Waals surface area contributed by atoms with Crippen molar-refractivity contribution in [1.29, 1.82) is 0 Å². The van der Waals surface area contributed by atoms with E-state index in [4.69, 9.17) is 10.8 Å². The van der Waals surface area contributed by atoms with E-state index < -0.39 is 17.4 Å². The van der Waals surface area contributed by atoms with E-state index in [1.807, 2.05) is 18.2 Å². The minimum Gasteiger partial charge on any atom is -0.480 e. The van der Waals surface area contributed by atoms with Gasteiger partial charge >= 0.3 is 5.97 Å². The van der Waals surface area contributed by atoms with Gasteiger partial charge in [0.1, 0.15) is 6.04 Å². The van der Waals surface area contributed by atoms with Crippen molar-refractivity contribution >= 4 is 17.6 Å². The van der Waals surface area contributed by atoms with Crippen molar-refractivity contribution in [2.45, 2.75) is 39.7 Å². The monoisotopic (exact) mass is 278 g/mol. The van der Waals surface area contributed by atoms with Crippen molar-refractivity contribution in [2.24, 2.45) is 5.41 Å². The molecule has 0 aromatic heterocycles. The Morgan fingerprint density at radius 3 is 2.40 bits per heavy atom. The molecule has 0 spiro atoms. The van der Waals surface area contributed by atoms with Gasteiger partial charge in [0.15, 0.2) is 0 Å². The predicted molar refractivity (Wildman–Crippen MR) is 78.2 cm³/mol. The third kappa shape index (κ3) is 4.57. The number of benzene rings is 1. The number of para-hydroxylation sites is 1. The van der Waals surface area contributed by atoms with Crippen LogP contribution in [0.4, 0.5) is 5.69 Å². The van der Waals surface area contributed by atoms with Crippen LogP contribution < -0.4 is 11.1 Å². The molecule has 0 saturated heterocycles. The summed E-state index contributed by atoms with van der Waals surface area (Å²) in [6, 6.07) is 6.43. The summed E-state index contributed by atoms with van der Waals surface area (Å²) in [5, 5.41) is 11.7. The summed E-state index contributed by atoms with van der Waals surface area (Å²) in [6.45, 7) is 5.34. The Balaban J connectivity index is 2.60. The summed E-state index contributed by atoms with van der Waals surface area (Å²) >= 11 is 0. The number of amides is 1. The Morgan fingerprint density at radius 2 is 1.90 bits per heavy atom. The number of nitrogens with one attached hydrogen (secondary N) is 1. The highest BCUT2D eigenvalue weighted by atomic mass is 16.4. The molecule has 5 nitrogen and oxygen atoms in total. The number of carboxylic acid groups (broad SMARTS) is 1. The summed E-state index contributed by atoms with van der Waals surface area (Å²) in [5.41, 5.74) is 6.80. The first kappa shape index (κ1) is 16.0. The van der Waals surface area contributed by atoms with Crippen LogP contribution in [0.2, 0.25) is 0 Å². The van der Waals surface area contributed by atoms with Gasteiger partial charge in [-0.15, -0.1) is 0 Å². The number of aliphatic carboxylic acids is 1. The standard InChI is InChI=1S/C15H22N2O3/c1-15(2,3)13(14(19)20)17-12(18)9-8-10-6-4-5-7-11(10)16/h4-7,13H,8-9,16H2,1-3H3,(H,17,18)(H,19,20)/t13-/m1/s1. The molecule has 0 aliphatic heterocycles. The molecule has 1 amide bonds. The van der Waals surface area contributed by atoms with E-state index in [9.17, 15) is 9.59 Å². The van der Waals surface area contributed by atoms with E-state index >= 15 is 0 Å². The first-order valence-electron chi connectivity index (χ1n) is 6.57. The fourth-order valence-electron chi connectivity index (χ4n) is 1.89. The van der Waals surface area contributed by atoms with Crippen LogP contribution in [0.15, 0.2) is 24.3 Å². The lowest BCUT2D eigenvalue weighted by molar-refractivity contribution is -0.144. The van der Waals surface area contributed by atoms with E-state index in [2.05, 4.69) is 5.32 Å². The predicted octanol–water partition coefficient (Wildman–Crippen LogP) is 1.82. The van der Waals surface area contributed by atoms with Gasteiger partial charge in [-0.2, -0.15) is 0 Å². The smallest absolute Gasteiger partial charge is 0.326 e. The zero-order valence-electron chi connectivity index (χ0n) is 12.1. The number of carbonyl (C=O) groups excluding carboxylic acids is 1. The largest absolute Gasteiger partial charge is 0.480 e. The van der Waals surface area contributed by atoms with Gasteiger partial charge in [0, 0.05) is 12.1 Å². The van der Waals surface area contributed by atoms with E-state index in [1.165, 1.54) is 0 Å². The molecule has 1 aromatic rings. The summed E-state index contributed by atoms with van der Waals surface area (Å²) in [5.74, 6) is -1.30. The van der Waals surface area contributed by atoms with Gasteiger partial charge in [-0.3, -0.25) is 4.79 Å². The zero-order valence-corrected chi connectivity index (χ0v) is 12.1. The first-order chi connectivity index (χ1) is 9.21. The molecular weight excluding hydrogens is 256 g/mol. The third-order valence-corrected chi connectivity index (χ3v) is 3.09. The van der Waals surface area contributed by atoms with Crippen LogP contribution in [-0.2, 0) is 16.0 Å². The normalized spacial score (nSPS) is 12.8. The molecule has 110 valence electrons. The number of hydrogen-bond donors (Lipinski definition) is 3. The second kappa shape index (κ2) is 6.41. The molecule has 0 bridgehead atoms. The van der Waals surface area contributed by atoms with E-state index in [1.54, 1.807) is 26.8 Å². The minimum atomic E-state index is -1.02. The lowest BCUT2D eigenvalue weighted by Crippen LogP contribution is -2.49. The molecule has 4 N–H and O–H groups in total. The van der Waals surface area contributed by atoms with Crippen molar-refractivity contribution in [3.8, 4) is 0 Å². The maximum Gasteiger partial charge on any atom is 0.326 e. The van der Waals surface area contributed by atoms with Crippen molar-refractivity contribution in [2.75, 3.05) is 5.73 Å². The summed E-state index contributed by atoms with van der Waals surface area (Å²) in [4.78, 5) is 23.0. The molecule has 0 radical (unpaired) electrons. The average Bonchev–Trinajstić information content (AvgIpc) is 2.33. The van der Waals surface area contributed by atoms with Gasteiger partial charge in [-0.25, -0.2) is 4.79 Å². The molecule has 1 atom stereocenters. The quantitative estimate of drug-likeness (QED) is 0.716. The number of carboxylic acids is 1. The molecule has 0 aliphatic rings. The van der Waals surface area contributed by atoms with E-state index in [-0.39, 0.29) is 12.3 Å². The van der Waals surface area contributed by atoms with Crippen LogP contribution in [0.1, 0.15) is 32.8 Å². The summed E-state index contributed by atoms with van der Waals surface area (Å²) in [6.07, 6.45) is 0.711. The Hall–Kier alpha value is -2.04. The summed E-state index contributed by atoms with van der Waals surface area (Å²) < 4.78 is 0. The second-order valence-electron chi connectivity index (χ2n) is 5.90. The summed E-state index contributed by atoms with van der Waals surface area (Å²) in [7, 11) is 0. The van der Waals surface area contributed by atoms with E-state index in [0.29, 0.717) is 12.1 Å². The van der Waals surface area contributed by atoms with Crippen LogP contribution in [0.3, 0.4) is 0 Å². The minimum absolute atomic E-state index is 0.216. The Labute approximate surface area is 119 Å². The van der Waals surface area contributed by atoms with Gasteiger partial charge < -0.3 is 16.2 Å². The van der Waals surface area contributed by atoms with Gasteiger partial charge in [-0.1, -0.05) is 39.0 Å². The molecule has 1 aromatic carbocycles. The van der Waals surface area contributed by atoms with Crippen molar-refractivity contribution in [3.05, 3.63) is 29.8 Å². The van der Waals surface area contributed by atoms with Crippen LogP contribution in [-0.4, -0.2) is 23.0 Å². The lowest BCUT2D eigenvalue weighted by Gasteiger charge is -2.27. The number of carbonyl (C=O) groups is 2. The van der Waals surface area contributed by atoms with Crippen LogP contribution >= 0.6 is 0 Å².